The number of anilines is 1. The van der Waals surface area contributed by atoms with E-state index in [1.807, 2.05) is 37.4 Å². The van der Waals surface area contributed by atoms with Crippen molar-refractivity contribution in [2.75, 3.05) is 18.5 Å². The van der Waals surface area contributed by atoms with E-state index in [2.05, 4.69) is 20.5 Å². The molecule has 0 aliphatic carbocycles. The monoisotopic (exact) mass is 337 g/mol. The zero-order valence-corrected chi connectivity index (χ0v) is 14.0. The highest BCUT2D eigenvalue weighted by molar-refractivity contribution is 5.90. The summed E-state index contributed by atoms with van der Waals surface area (Å²) in [6, 6.07) is 7.28. The molecule has 0 saturated carbocycles. The van der Waals surface area contributed by atoms with Gasteiger partial charge in [0, 0.05) is 30.4 Å². The number of ether oxygens (including phenoxy) is 1. The Labute approximate surface area is 145 Å². The topological polar surface area (TPSA) is 83.1 Å². The highest BCUT2D eigenvalue weighted by atomic mass is 16.5. The Bertz CT molecular complexity index is 903. The SMILES string of the molecule is CCOc1ccc(NC(=O)N2CCc3c(cnc4[nH]ncc34)C2)cc1. The van der Waals surface area contributed by atoms with Gasteiger partial charge in [-0.05, 0) is 48.7 Å². The number of aromatic nitrogens is 3. The van der Waals surface area contributed by atoms with Crippen LogP contribution in [0, 0.1) is 0 Å². The van der Waals surface area contributed by atoms with Crippen molar-refractivity contribution in [1.82, 2.24) is 20.1 Å². The number of aromatic amines is 1. The van der Waals surface area contributed by atoms with Crippen LogP contribution in [0.3, 0.4) is 0 Å². The Morgan fingerprint density at radius 2 is 2.16 bits per heavy atom. The summed E-state index contributed by atoms with van der Waals surface area (Å²) in [5.41, 5.74) is 3.85. The first-order valence-corrected chi connectivity index (χ1v) is 8.33. The minimum Gasteiger partial charge on any atom is -0.494 e. The highest BCUT2D eigenvalue weighted by Gasteiger charge is 2.23. The summed E-state index contributed by atoms with van der Waals surface area (Å²) in [6.07, 6.45) is 4.42. The number of fused-ring (bicyclic) bond motifs is 3. The van der Waals surface area contributed by atoms with Gasteiger partial charge >= 0.3 is 6.03 Å². The van der Waals surface area contributed by atoms with E-state index >= 15 is 0 Å². The van der Waals surface area contributed by atoms with Crippen molar-refractivity contribution in [2.24, 2.45) is 0 Å². The lowest BCUT2D eigenvalue weighted by atomic mass is 9.99. The standard InChI is InChI=1S/C18H19N5O2/c1-2-25-14-5-3-13(4-6-14)21-18(24)23-8-7-15-12(11-23)9-19-17-16(15)10-20-22-17/h3-6,9-10H,2,7-8,11H2,1H3,(H,21,24)(H,19,20,22). The van der Waals surface area contributed by atoms with Crippen LogP contribution in [0.1, 0.15) is 18.1 Å². The van der Waals surface area contributed by atoms with E-state index in [0.717, 1.165) is 34.5 Å². The molecule has 0 spiro atoms. The van der Waals surface area contributed by atoms with E-state index in [9.17, 15) is 4.79 Å². The van der Waals surface area contributed by atoms with Gasteiger partial charge in [-0.25, -0.2) is 9.78 Å². The molecule has 0 atom stereocenters. The summed E-state index contributed by atoms with van der Waals surface area (Å²) in [7, 11) is 0. The van der Waals surface area contributed by atoms with Crippen molar-refractivity contribution in [1.29, 1.82) is 0 Å². The third-order valence-corrected chi connectivity index (χ3v) is 4.38. The predicted octanol–water partition coefficient (Wildman–Crippen LogP) is 2.95. The van der Waals surface area contributed by atoms with Crippen molar-refractivity contribution in [2.45, 2.75) is 19.9 Å². The van der Waals surface area contributed by atoms with Gasteiger partial charge in [0.1, 0.15) is 5.75 Å². The molecule has 0 fully saturated rings. The van der Waals surface area contributed by atoms with Crippen LogP contribution in [-0.4, -0.2) is 39.3 Å². The minimum atomic E-state index is -0.109. The number of hydrogen-bond donors (Lipinski definition) is 2. The van der Waals surface area contributed by atoms with Gasteiger partial charge in [0.05, 0.1) is 12.8 Å². The van der Waals surface area contributed by atoms with Gasteiger partial charge in [-0.1, -0.05) is 0 Å². The molecule has 3 heterocycles. The van der Waals surface area contributed by atoms with Crippen LogP contribution < -0.4 is 10.1 Å². The van der Waals surface area contributed by atoms with Crippen LogP contribution in [0.4, 0.5) is 10.5 Å². The van der Waals surface area contributed by atoms with E-state index in [-0.39, 0.29) is 6.03 Å². The first kappa shape index (κ1) is 15.4. The van der Waals surface area contributed by atoms with Crippen LogP contribution >= 0.6 is 0 Å². The Morgan fingerprint density at radius 3 is 2.96 bits per heavy atom. The summed E-state index contributed by atoms with van der Waals surface area (Å²) in [5, 5.41) is 10.9. The molecule has 2 aromatic heterocycles. The van der Waals surface area contributed by atoms with Gasteiger partial charge < -0.3 is 15.0 Å². The summed E-state index contributed by atoms with van der Waals surface area (Å²) < 4.78 is 5.41. The van der Waals surface area contributed by atoms with E-state index in [4.69, 9.17) is 4.74 Å². The van der Waals surface area contributed by atoms with E-state index in [0.29, 0.717) is 19.7 Å². The molecule has 2 amide bonds. The fourth-order valence-corrected chi connectivity index (χ4v) is 3.13. The second kappa shape index (κ2) is 6.43. The number of carbonyl (C=O) groups excluding carboxylic acids is 1. The molecule has 2 N–H and O–H groups in total. The van der Waals surface area contributed by atoms with Gasteiger partial charge in [-0.15, -0.1) is 0 Å². The average Bonchev–Trinajstić information content (AvgIpc) is 3.12. The van der Waals surface area contributed by atoms with Gasteiger partial charge in [-0.2, -0.15) is 5.10 Å². The number of pyridine rings is 1. The molecule has 1 aliphatic rings. The Morgan fingerprint density at radius 1 is 1.32 bits per heavy atom. The largest absolute Gasteiger partial charge is 0.494 e. The molecule has 4 rings (SSSR count). The van der Waals surface area contributed by atoms with Crippen molar-refractivity contribution < 1.29 is 9.53 Å². The quantitative estimate of drug-likeness (QED) is 0.770. The molecule has 3 aromatic rings. The van der Waals surface area contributed by atoms with E-state index < -0.39 is 0 Å². The second-order valence-electron chi connectivity index (χ2n) is 5.95. The lowest BCUT2D eigenvalue weighted by molar-refractivity contribution is 0.206. The molecule has 0 bridgehead atoms. The molecule has 25 heavy (non-hydrogen) atoms. The van der Waals surface area contributed by atoms with Gasteiger partial charge in [0.15, 0.2) is 5.65 Å². The molecule has 0 saturated heterocycles. The maximum Gasteiger partial charge on any atom is 0.322 e. The normalized spacial score (nSPS) is 13.6. The van der Waals surface area contributed by atoms with Crippen molar-refractivity contribution in [3.8, 4) is 5.75 Å². The minimum absolute atomic E-state index is 0.109. The summed E-state index contributed by atoms with van der Waals surface area (Å²) in [4.78, 5) is 18.7. The molecule has 128 valence electrons. The maximum absolute atomic E-state index is 12.5. The zero-order chi connectivity index (χ0) is 17.2. The number of H-pyrrole nitrogens is 1. The summed E-state index contributed by atoms with van der Waals surface area (Å²) >= 11 is 0. The molecule has 7 nitrogen and oxygen atoms in total. The predicted molar refractivity (Wildman–Crippen MR) is 94.6 cm³/mol. The molecule has 1 aromatic carbocycles. The molecule has 0 unspecified atom stereocenters. The maximum atomic E-state index is 12.5. The number of amides is 2. The Hall–Kier alpha value is -3.09. The fraction of sp³-hybridized carbons (Fsp3) is 0.278. The lowest BCUT2D eigenvalue weighted by Gasteiger charge is -2.29. The van der Waals surface area contributed by atoms with E-state index in [1.165, 1.54) is 5.56 Å². The number of rotatable bonds is 3. The second-order valence-corrected chi connectivity index (χ2v) is 5.95. The van der Waals surface area contributed by atoms with Crippen molar-refractivity contribution in [3.63, 3.8) is 0 Å². The van der Waals surface area contributed by atoms with Gasteiger partial charge in [0.2, 0.25) is 0 Å². The molecular weight excluding hydrogens is 318 g/mol. The molecular formula is C18H19N5O2. The Kier molecular flexibility index (Phi) is 3.97. The Balaban J connectivity index is 1.46. The average molecular weight is 337 g/mol. The smallest absolute Gasteiger partial charge is 0.322 e. The van der Waals surface area contributed by atoms with Crippen LogP contribution in [0.2, 0.25) is 0 Å². The number of hydrogen-bond acceptors (Lipinski definition) is 4. The lowest BCUT2D eigenvalue weighted by Crippen LogP contribution is -2.39. The summed E-state index contributed by atoms with van der Waals surface area (Å²) in [5.74, 6) is 0.794. The van der Waals surface area contributed by atoms with Gasteiger partial charge in [-0.3, -0.25) is 5.10 Å². The number of benzene rings is 1. The third-order valence-electron chi connectivity index (χ3n) is 4.38. The van der Waals surface area contributed by atoms with Crippen molar-refractivity contribution in [3.05, 3.63) is 47.8 Å². The van der Waals surface area contributed by atoms with Gasteiger partial charge in [0.25, 0.3) is 0 Å². The molecule has 7 heteroatoms. The number of nitrogens with zero attached hydrogens (tertiary/aromatic N) is 3. The van der Waals surface area contributed by atoms with Crippen LogP contribution in [0.25, 0.3) is 11.0 Å². The highest BCUT2D eigenvalue weighted by Crippen LogP contribution is 2.25. The van der Waals surface area contributed by atoms with Crippen LogP contribution in [0.15, 0.2) is 36.7 Å². The zero-order valence-electron chi connectivity index (χ0n) is 14.0. The van der Waals surface area contributed by atoms with E-state index in [1.54, 1.807) is 11.1 Å². The first-order chi connectivity index (χ1) is 12.2. The number of carbonyl (C=O) groups is 1. The fourth-order valence-electron chi connectivity index (χ4n) is 3.13. The number of urea groups is 1. The van der Waals surface area contributed by atoms with Crippen LogP contribution in [-0.2, 0) is 13.0 Å². The van der Waals surface area contributed by atoms with Crippen molar-refractivity contribution >= 4 is 22.8 Å². The summed E-state index contributed by atoms with van der Waals surface area (Å²) in [6.45, 7) is 3.78. The molecule has 1 aliphatic heterocycles. The number of nitrogens with one attached hydrogen (secondary N) is 2. The first-order valence-electron chi connectivity index (χ1n) is 8.33. The van der Waals surface area contributed by atoms with Crippen LogP contribution in [0.5, 0.6) is 5.75 Å². The molecule has 0 radical (unpaired) electrons. The third kappa shape index (κ3) is 3.00.